The van der Waals surface area contributed by atoms with Gasteiger partial charge < -0.3 is 20.1 Å². The lowest BCUT2D eigenvalue weighted by Gasteiger charge is -2.08. The normalized spacial score (nSPS) is 13.1. The molecular weight excluding hydrogens is 392 g/mol. The Labute approximate surface area is 163 Å². The second-order valence-corrected chi connectivity index (χ2v) is 7.72. The van der Waals surface area contributed by atoms with Crippen molar-refractivity contribution in [2.24, 2.45) is 0 Å². The van der Waals surface area contributed by atoms with Crippen LogP contribution in [0, 0.1) is 6.92 Å². The number of halogens is 1. The molecule has 0 saturated carbocycles. The van der Waals surface area contributed by atoms with Crippen molar-refractivity contribution in [2.45, 2.75) is 6.92 Å². The van der Waals surface area contributed by atoms with Gasteiger partial charge in [0.15, 0.2) is 11.5 Å². The minimum absolute atomic E-state index is 0.137. The lowest BCUT2D eigenvalue weighted by atomic mass is 10.2. The zero-order valence-electron chi connectivity index (χ0n) is 14.4. The SMILES string of the molecule is Cc1ccc(NC(=O)C[S@@](=O)CC(=O)Nc2ccc3c(c2)OCO3)cc1Cl. The van der Waals surface area contributed by atoms with Crippen LogP contribution in [0.5, 0.6) is 11.5 Å². The second kappa shape index (κ2) is 8.41. The number of carbonyl (C=O) groups is 2. The van der Waals surface area contributed by atoms with Crippen LogP contribution >= 0.6 is 11.6 Å². The Morgan fingerprint density at radius 3 is 2.26 bits per heavy atom. The van der Waals surface area contributed by atoms with E-state index in [1.165, 1.54) is 0 Å². The van der Waals surface area contributed by atoms with Crippen molar-refractivity contribution < 1.29 is 23.3 Å². The lowest BCUT2D eigenvalue weighted by Crippen LogP contribution is -2.26. The molecule has 27 heavy (non-hydrogen) atoms. The molecule has 1 aliphatic rings. The molecule has 0 aliphatic carbocycles. The van der Waals surface area contributed by atoms with Gasteiger partial charge in [-0.1, -0.05) is 17.7 Å². The number of hydrogen-bond acceptors (Lipinski definition) is 5. The van der Waals surface area contributed by atoms with E-state index in [1.54, 1.807) is 36.4 Å². The van der Waals surface area contributed by atoms with Gasteiger partial charge in [0.1, 0.15) is 11.5 Å². The van der Waals surface area contributed by atoms with Crippen LogP contribution in [0.4, 0.5) is 11.4 Å². The zero-order chi connectivity index (χ0) is 19.4. The highest BCUT2D eigenvalue weighted by molar-refractivity contribution is 7.86. The van der Waals surface area contributed by atoms with Crippen LogP contribution in [0.25, 0.3) is 0 Å². The van der Waals surface area contributed by atoms with E-state index in [9.17, 15) is 13.8 Å². The number of carbonyl (C=O) groups excluding carboxylic acids is 2. The Balaban J connectivity index is 1.48. The quantitative estimate of drug-likeness (QED) is 0.766. The molecule has 2 N–H and O–H groups in total. The number of aryl methyl sites for hydroxylation is 1. The third kappa shape index (κ3) is 5.21. The molecule has 0 aromatic heterocycles. The van der Waals surface area contributed by atoms with E-state index >= 15 is 0 Å². The highest BCUT2D eigenvalue weighted by Crippen LogP contribution is 2.34. The van der Waals surface area contributed by atoms with Crippen molar-refractivity contribution in [2.75, 3.05) is 28.9 Å². The number of benzene rings is 2. The van der Waals surface area contributed by atoms with Crippen LogP contribution in [0.2, 0.25) is 5.02 Å². The van der Waals surface area contributed by atoms with Gasteiger partial charge in [0.2, 0.25) is 18.6 Å². The number of nitrogens with one attached hydrogen (secondary N) is 2. The predicted octanol–water partition coefficient (Wildman–Crippen LogP) is 2.70. The molecule has 2 amide bonds. The highest BCUT2D eigenvalue weighted by Gasteiger charge is 2.16. The first-order valence-electron chi connectivity index (χ1n) is 8.01. The summed E-state index contributed by atoms with van der Waals surface area (Å²) in [6, 6.07) is 10.0. The van der Waals surface area contributed by atoms with Gasteiger partial charge in [-0.15, -0.1) is 0 Å². The Bertz CT molecular complexity index is 919. The minimum Gasteiger partial charge on any atom is -0.454 e. The molecule has 1 aliphatic heterocycles. The number of amides is 2. The van der Waals surface area contributed by atoms with Gasteiger partial charge in [0, 0.05) is 33.3 Å². The topological polar surface area (TPSA) is 93.7 Å². The van der Waals surface area contributed by atoms with E-state index in [0.29, 0.717) is 27.9 Å². The molecule has 2 aromatic rings. The van der Waals surface area contributed by atoms with Crippen LogP contribution in [0.1, 0.15) is 5.56 Å². The van der Waals surface area contributed by atoms with Crippen molar-refractivity contribution in [3.8, 4) is 11.5 Å². The number of hydrogen-bond donors (Lipinski definition) is 2. The summed E-state index contributed by atoms with van der Waals surface area (Å²) in [5, 5.41) is 5.76. The maximum atomic E-state index is 12.1. The van der Waals surface area contributed by atoms with Crippen LogP contribution < -0.4 is 20.1 Å². The van der Waals surface area contributed by atoms with Crippen LogP contribution in [-0.4, -0.2) is 34.3 Å². The Hall–Kier alpha value is -2.58. The fraction of sp³-hybridized carbons (Fsp3) is 0.222. The monoisotopic (exact) mass is 408 g/mol. The first-order chi connectivity index (χ1) is 12.9. The van der Waals surface area contributed by atoms with Crippen LogP contribution in [0.3, 0.4) is 0 Å². The predicted molar refractivity (Wildman–Crippen MR) is 104 cm³/mol. The summed E-state index contributed by atoms with van der Waals surface area (Å²) in [7, 11) is -1.65. The summed E-state index contributed by atoms with van der Waals surface area (Å²) in [6.45, 7) is 1.99. The van der Waals surface area contributed by atoms with E-state index in [1.807, 2.05) is 6.92 Å². The molecule has 0 saturated heterocycles. The van der Waals surface area contributed by atoms with Crippen LogP contribution in [-0.2, 0) is 20.4 Å². The molecular formula is C18H17ClN2O5S. The molecule has 142 valence electrons. The van der Waals surface area contributed by atoms with Gasteiger partial charge in [-0.3, -0.25) is 13.8 Å². The van der Waals surface area contributed by atoms with Gasteiger partial charge in [-0.2, -0.15) is 0 Å². The molecule has 0 unspecified atom stereocenters. The van der Waals surface area contributed by atoms with E-state index in [-0.39, 0.29) is 18.3 Å². The summed E-state index contributed by atoms with van der Waals surface area (Å²) in [5.74, 6) is -0.367. The number of ether oxygens (including phenoxy) is 2. The van der Waals surface area contributed by atoms with Gasteiger partial charge in [0.05, 0.1) is 0 Å². The average Bonchev–Trinajstić information content (AvgIpc) is 3.05. The maximum Gasteiger partial charge on any atom is 0.237 e. The van der Waals surface area contributed by atoms with Crippen molar-refractivity contribution in [3.05, 3.63) is 47.0 Å². The van der Waals surface area contributed by atoms with Gasteiger partial charge in [-0.25, -0.2) is 0 Å². The molecule has 3 rings (SSSR count). The number of fused-ring (bicyclic) bond motifs is 1. The van der Waals surface area contributed by atoms with Gasteiger partial charge in [-0.05, 0) is 36.8 Å². The third-order valence-electron chi connectivity index (χ3n) is 3.70. The van der Waals surface area contributed by atoms with Crippen molar-refractivity contribution >= 4 is 45.6 Å². The number of anilines is 2. The summed E-state index contributed by atoms with van der Waals surface area (Å²) in [4.78, 5) is 24.0. The van der Waals surface area contributed by atoms with E-state index < -0.39 is 22.6 Å². The van der Waals surface area contributed by atoms with Crippen LogP contribution in [0.15, 0.2) is 36.4 Å². The second-order valence-electron chi connectivity index (χ2n) is 5.86. The minimum atomic E-state index is -1.65. The summed E-state index contributed by atoms with van der Waals surface area (Å²) < 4.78 is 22.5. The fourth-order valence-electron chi connectivity index (χ4n) is 2.38. The van der Waals surface area contributed by atoms with Crippen molar-refractivity contribution in [3.63, 3.8) is 0 Å². The Kier molecular flexibility index (Phi) is 5.98. The Morgan fingerprint density at radius 2 is 1.59 bits per heavy atom. The van der Waals surface area contributed by atoms with Crippen molar-refractivity contribution in [1.29, 1.82) is 0 Å². The van der Waals surface area contributed by atoms with Crippen molar-refractivity contribution in [1.82, 2.24) is 0 Å². The summed E-state index contributed by atoms with van der Waals surface area (Å²) in [6.07, 6.45) is 0. The number of rotatable bonds is 6. The smallest absolute Gasteiger partial charge is 0.237 e. The van der Waals surface area contributed by atoms with Gasteiger partial charge >= 0.3 is 0 Å². The molecule has 9 heteroatoms. The molecule has 2 aromatic carbocycles. The largest absolute Gasteiger partial charge is 0.454 e. The molecule has 7 nitrogen and oxygen atoms in total. The first kappa shape index (κ1) is 19.2. The Morgan fingerprint density at radius 1 is 1.00 bits per heavy atom. The van der Waals surface area contributed by atoms with E-state index in [2.05, 4.69) is 10.6 Å². The fourth-order valence-corrected chi connectivity index (χ4v) is 3.39. The molecule has 0 radical (unpaired) electrons. The highest BCUT2D eigenvalue weighted by atomic mass is 35.5. The molecule has 1 heterocycles. The summed E-state index contributed by atoms with van der Waals surface area (Å²) in [5.41, 5.74) is 1.90. The molecule has 0 spiro atoms. The van der Waals surface area contributed by atoms with Gasteiger partial charge in [0.25, 0.3) is 0 Å². The third-order valence-corrected chi connectivity index (χ3v) is 5.27. The molecule has 0 fully saturated rings. The average molecular weight is 409 g/mol. The zero-order valence-corrected chi connectivity index (χ0v) is 16.0. The molecule has 1 atom stereocenters. The standard InChI is InChI=1S/C18H17ClN2O5S/c1-11-2-3-12(6-14(11)19)20-17(22)8-27(24)9-18(23)21-13-4-5-15-16(7-13)26-10-25-15/h2-7H,8-10H2,1H3,(H,20,22)(H,21,23)/t27-/m1/s1. The lowest BCUT2D eigenvalue weighted by molar-refractivity contribution is -0.114. The van der Waals surface area contributed by atoms with E-state index in [4.69, 9.17) is 21.1 Å². The first-order valence-corrected chi connectivity index (χ1v) is 9.88. The molecule has 0 bridgehead atoms. The van der Waals surface area contributed by atoms with E-state index in [0.717, 1.165) is 5.56 Å². The summed E-state index contributed by atoms with van der Waals surface area (Å²) >= 11 is 6.00. The maximum absolute atomic E-state index is 12.1.